The normalized spacial score (nSPS) is 19.2. The van der Waals surface area contributed by atoms with Crippen molar-refractivity contribution in [3.8, 4) is 0 Å². The van der Waals surface area contributed by atoms with Crippen LogP contribution in [0.15, 0.2) is 47.1 Å². The molecule has 0 bridgehead atoms. The van der Waals surface area contributed by atoms with E-state index in [1.54, 1.807) is 17.4 Å². The molecule has 5 nitrogen and oxygen atoms in total. The van der Waals surface area contributed by atoms with Crippen LogP contribution in [0, 0.1) is 5.82 Å². The minimum atomic E-state index is -0.499. The fourth-order valence-electron chi connectivity index (χ4n) is 2.63. The number of esters is 1. The van der Waals surface area contributed by atoms with E-state index in [1.165, 1.54) is 24.3 Å². The van der Waals surface area contributed by atoms with Crippen LogP contribution in [-0.2, 0) is 14.3 Å². The molecule has 128 valence electrons. The van der Waals surface area contributed by atoms with Crippen molar-refractivity contribution in [2.45, 2.75) is 0 Å². The van der Waals surface area contributed by atoms with Crippen molar-refractivity contribution < 1.29 is 18.7 Å². The average molecular weight is 358 g/mol. The predicted octanol–water partition coefficient (Wildman–Crippen LogP) is 3.07. The van der Waals surface area contributed by atoms with Crippen LogP contribution in [0.3, 0.4) is 0 Å². The van der Waals surface area contributed by atoms with Crippen molar-refractivity contribution in [2.24, 2.45) is 4.99 Å². The Hall–Kier alpha value is -2.51. The van der Waals surface area contributed by atoms with E-state index in [1.807, 2.05) is 12.1 Å². The Kier molecular flexibility index (Phi) is 4.33. The number of nitrogens with zero attached hydrogens (tertiary/aromatic N) is 2. The number of cyclic esters (lactones) is 1. The Balaban J connectivity index is 1.55. The summed E-state index contributed by atoms with van der Waals surface area (Å²) < 4.78 is 23.6. The quantitative estimate of drug-likeness (QED) is 0.625. The van der Waals surface area contributed by atoms with E-state index in [-0.39, 0.29) is 17.4 Å². The molecular weight excluding hydrogens is 343 g/mol. The van der Waals surface area contributed by atoms with E-state index in [4.69, 9.17) is 9.47 Å². The number of carbonyl (C=O) groups is 1. The maximum Gasteiger partial charge on any atom is 0.363 e. The number of ether oxygens (including phenoxy) is 2. The van der Waals surface area contributed by atoms with Crippen molar-refractivity contribution >= 4 is 34.3 Å². The van der Waals surface area contributed by atoms with Gasteiger partial charge in [0.15, 0.2) is 5.70 Å². The molecule has 0 radical (unpaired) electrons. The smallest absolute Gasteiger partial charge is 0.363 e. The number of halogens is 1. The SMILES string of the molecule is O=C1OC(c2ccc(F)cc2)=NC1=Cc1ccc(N2CCOCC2)s1. The summed E-state index contributed by atoms with van der Waals surface area (Å²) in [5, 5.41) is 1.14. The highest BCUT2D eigenvalue weighted by molar-refractivity contribution is 7.16. The Morgan fingerprint density at radius 2 is 1.88 bits per heavy atom. The Bertz CT molecular complexity index is 851. The summed E-state index contributed by atoms with van der Waals surface area (Å²) >= 11 is 1.59. The first kappa shape index (κ1) is 16.0. The third-order valence-corrected chi connectivity index (χ3v) is 5.02. The summed E-state index contributed by atoms with van der Waals surface area (Å²) in [5.74, 6) is -0.652. The number of hydrogen-bond donors (Lipinski definition) is 0. The lowest BCUT2D eigenvalue weighted by molar-refractivity contribution is -0.129. The van der Waals surface area contributed by atoms with Gasteiger partial charge in [-0.15, -0.1) is 11.3 Å². The van der Waals surface area contributed by atoms with Crippen molar-refractivity contribution in [2.75, 3.05) is 31.2 Å². The highest BCUT2D eigenvalue weighted by Crippen LogP contribution is 2.29. The van der Waals surface area contributed by atoms with Crippen LogP contribution in [0.2, 0.25) is 0 Å². The van der Waals surface area contributed by atoms with E-state index in [0.717, 1.165) is 36.2 Å². The largest absolute Gasteiger partial charge is 0.402 e. The molecule has 2 aliphatic heterocycles. The van der Waals surface area contributed by atoms with Crippen molar-refractivity contribution in [3.05, 3.63) is 58.4 Å². The maximum absolute atomic E-state index is 13.0. The molecule has 0 aliphatic carbocycles. The van der Waals surface area contributed by atoms with Crippen LogP contribution >= 0.6 is 11.3 Å². The Morgan fingerprint density at radius 1 is 1.12 bits per heavy atom. The second-order valence-corrected chi connectivity index (χ2v) is 6.71. The first-order chi connectivity index (χ1) is 12.2. The molecular formula is C18H15FN2O3S. The van der Waals surface area contributed by atoms with Crippen LogP contribution in [0.25, 0.3) is 6.08 Å². The molecule has 0 unspecified atom stereocenters. The molecule has 1 fully saturated rings. The van der Waals surface area contributed by atoms with Gasteiger partial charge in [-0.05, 0) is 42.5 Å². The molecule has 0 amide bonds. The third kappa shape index (κ3) is 3.47. The van der Waals surface area contributed by atoms with Crippen LogP contribution in [0.1, 0.15) is 10.4 Å². The van der Waals surface area contributed by atoms with E-state index in [9.17, 15) is 9.18 Å². The number of carbonyl (C=O) groups excluding carboxylic acids is 1. The van der Waals surface area contributed by atoms with Crippen LogP contribution in [0.5, 0.6) is 0 Å². The zero-order valence-electron chi connectivity index (χ0n) is 13.3. The summed E-state index contributed by atoms with van der Waals surface area (Å²) in [5.41, 5.74) is 0.813. The van der Waals surface area contributed by atoms with Gasteiger partial charge in [0.05, 0.1) is 18.2 Å². The molecule has 1 aromatic carbocycles. The van der Waals surface area contributed by atoms with E-state index in [2.05, 4.69) is 9.89 Å². The lowest BCUT2D eigenvalue weighted by atomic mass is 10.2. The van der Waals surface area contributed by atoms with Gasteiger partial charge in [-0.2, -0.15) is 0 Å². The molecule has 0 saturated carbocycles. The van der Waals surface area contributed by atoms with E-state index in [0.29, 0.717) is 5.56 Å². The van der Waals surface area contributed by atoms with Gasteiger partial charge in [0.2, 0.25) is 5.90 Å². The summed E-state index contributed by atoms with van der Waals surface area (Å²) in [6.45, 7) is 3.19. The van der Waals surface area contributed by atoms with Crippen LogP contribution in [-0.4, -0.2) is 38.2 Å². The highest BCUT2D eigenvalue weighted by Gasteiger charge is 2.24. The number of anilines is 1. The third-order valence-electron chi connectivity index (χ3n) is 3.93. The lowest BCUT2D eigenvalue weighted by Crippen LogP contribution is -2.35. The molecule has 25 heavy (non-hydrogen) atoms. The van der Waals surface area contributed by atoms with Gasteiger partial charge in [0.25, 0.3) is 0 Å². The molecule has 2 aromatic rings. The minimum absolute atomic E-state index is 0.196. The molecule has 3 heterocycles. The van der Waals surface area contributed by atoms with Gasteiger partial charge in [0.1, 0.15) is 5.82 Å². The number of aliphatic imine (C=N–C) groups is 1. The standard InChI is InChI=1S/C18H15FN2O3S/c19-13-3-1-12(2-4-13)17-20-15(18(22)24-17)11-14-5-6-16(25-14)21-7-9-23-10-8-21/h1-6,11H,7-10H2. The minimum Gasteiger partial charge on any atom is -0.402 e. The Morgan fingerprint density at radius 3 is 2.64 bits per heavy atom. The van der Waals surface area contributed by atoms with Crippen molar-refractivity contribution in [3.63, 3.8) is 0 Å². The summed E-state index contributed by atoms with van der Waals surface area (Å²) in [6, 6.07) is 9.68. The fourth-order valence-corrected chi connectivity index (χ4v) is 3.63. The lowest BCUT2D eigenvalue weighted by Gasteiger charge is -2.27. The van der Waals surface area contributed by atoms with E-state index < -0.39 is 5.97 Å². The Labute approximate surface area is 148 Å². The first-order valence-corrected chi connectivity index (χ1v) is 8.72. The molecule has 0 N–H and O–H groups in total. The predicted molar refractivity (Wildman–Crippen MR) is 94.4 cm³/mol. The number of benzene rings is 1. The average Bonchev–Trinajstić information content (AvgIpc) is 3.24. The zero-order chi connectivity index (χ0) is 17.2. The van der Waals surface area contributed by atoms with Crippen LogP contribution < -0.4 is 4.90 Å². The molecule has 0 atom stereocenters. The fraction of sp³-hybridized carbons (Fsp3) is 0.222. The monoisotopic (exact) mass is 358 g/mol. The van der Waals surface area contributed by atoms with Gasteiger partial charge in [-0.25, -0.2) is 14.2 Å². The summed E-state index contributed by atoms with van der Waals surface area (Å²) in [7, 11) is 0. The van der Waals surface area contributed by atoms with Gasteiger partial charge in [0, 0.05) is 23.5 Å². The molecule has 4 rings (SSSR count). The summed E-state index contributed by atoms with van der Waals surface area (Å²) in [4.78, 5) is 19.5. The second kappa shape index (κ2) is 6.78. The first-order valence-electron chi connectivity index (χ1n) is 7.90. The van der Waals surface area contributed by atoms with Crippen molar-refractivity contribution in [1.29, 1.82) is 0 Å². The number of hydrogen-bond acceptors (Lipinski definition) is 6. The molecule has 0 spiro atoms. The molecule has 1 saturated heterocycles. The topological polar surface area (TPSA) is 51.1 Å². The second-order valence-electron chi connectivity index (χ2n) is 5.62. The van der Waals surface area contributed by atoms with Gasteiger partial charge in [-0.3, -0.25) is 0 Å². The van der Waals surface area contributed by atoms with E-state index >= 15 is 0 Å². The van der Waals surface area contributed by atoms with Crippen molar-refractivity contribution in [1.82, 2.24) is 0 Å². The maximum atomic E-state index is 13.0. The van der Waals surface area contributed by atoms with Crippen LogP contribution in [0.4, 0.5) is 9.39 Å². The van der Waals surface area contributed by atoms with Gasteiger partial charge in [-0.1, -0.05) is 0 Å². The molecule has 7 heteroatoms. The zero-order valence-corrected chi connectivity index (χ0v) is 14.1. The molecule has 2 aliphatic rings. The number of rotatable bonds is 3. The van der Waals surface area contributed by atoms with Gasteiger partial charge < -0.3 is 14.4 Å². The number of thiophene rings is 1. The molecule has 1 aromatic heterocycles. The highest BCUT2D eigenvalue weighted by atomic mass is 32.1. The summed E-state index contributed by atoms with van der Waals surface area (Å²) in [6.07, 6.45) is 1.72. The van der Waals surface area contributed by atoms with Gasteiger partial charge >= 0.3 is 5.97 Å². The number of morpholine rings is 1.